The van der Waals surface area contributed by atoms with E-state index in [1.807, 2.05) is 11.6 Å². The van der Waals surface area contributed by atoms with Crippen LogP contribution in [-0.2, 0) is 21.4 Å². The summed E-state index contributed by atoms with van der Waals surface area (Å²) in [6.07, 6.45) is 7.42. The number of terminal acetylenes is 1. The van der Waals surface area contributed by atoms with Crippen molar-refractivity contribution in [1.82, 2.24) is 14.3 Å². The molecule has 0 amide bonds. The molecule has 1 atom stereocenters. The first-order valence-electron chi connectivity index (χ1n) is 5.11. The topological polar surface area (TPSA) is 101 Å². The molecule has 1 unspecified atom stereocenters. The number of rotatable bonds is 6. The number of nitrogens with zero attached hydrogens (tertiary/aromatic N) is 2. The summed E-state index contributed by atoms with van der Waals surface area (Å²) < 4.78 is 27.2. The van der Waals surface area contributed by atoms with Crippen molar-refractivity contribution in [2.24, 2.45) is 0 Å². The van der Waals surface area contributed by atoms with E-state index in [0.29, 0.717) is 6.54 Å². The number of aryl methyl sites for hydroxylation is 1. The average Bonchev–Trinajstić information content (AvgIpc) is 2.77. The minimum atomic E-state index is -3.97. The van der Waals surface area contributed by atoms with Gasteiger partial charge in [-0.3, -0.25) is 4.79 Å². The van der Waals surface area contributed by atoms with E-state index in [1.165, 1.54) is 12.5 Å². The van der Waals surface area contributed by atoms with Crippen LogP contribution in [0.5, 0.6) is 0 Å². The summed E-state index contributed by atoms with van der Waals surface area (Å²) in [6, 6.07) is -1.35. The van der Waals surface area contributed by atoms with Crippen molar-refractivity contribution >= 4 is 16.0 Å². The maximum atomic E-state index is 11.8. The first-order chi connectivity index (χ1) is 8.40. The zero-order valence-electron chi connectivity index (χ0n) is 9.70. The molecule has 1 heterocycles. The van der Waals surface area contributed by atoms with Gasteiger partial charge in [-0.25, -0.2) is 13.4 Å². The van der Waals surface area contributed by atoms with Gasteiger partial charge in [0.15, 0.2) is 5.03 Å². The molecule has 0 saturated heterocycles. The fourth-order valence-corrected chi connectivity index (χ4v) is 2.34. The second kappa shape index (κ2) is 5.66. The Morgan fingerprint density at radius 3 is 2.83 bits per heavy atom. The normalized spacial score (nSPS) is 12.9. The van der Waals surface area contributed by atoms with Gasteiger partial charge in [-0.1, -0.05) is 0 Å². The number of carboxylic acid groups (broad SMARTS) is 1. The maximum absolute atomic E-state index is 11.8. The maximum Gasteiger partial charge on any atom is 0.322 e. The van der Waals surface area contributed by atoms with Gasteiger partial charge in [0, 0.05) is 19.2 Å². The molecule has 98 valence electrons. The van der Waals surface area contributed by atoms with Crippen molar-refractivity contribution in [2.75, 3.05) is 0 Å². The molecular formula is C10H13N3O4S. The molecule has 8 heteroatoms. The number of hydrogen-bond donors (Lipinski definition) is 2. The summed E-state index contributed by atoms with van der Waals surface area (Å²) in [5.74, 6) is 0.779. The van der Waals surface area contributed by atoms with Gasteiger partial charge >= 0.3 is 5.97 Å². The smallest absolute Gasteiger partial charge is 0.322 e. The van der Waals surface area contributed by atoms with Crippen LogP contribution in [0.4, 0.5) is 0 Å². The molecule has 0 aromatic carbocycles. The number of carboxylic acids is 1. The van der Waals surface area contributed by atoms with Crippen LogP contribution in [0, 0.1) is 12.3 Å². The largest absolute Gasteiger partial charge is 0.480 e. The number of aliphatic carboxylic acids is 1. The highest BCUT2D eigenvalue weighted by Gasteiger charge is 2.26. The SMILES string of the molecule is C#CCC(NS(=O)(=O)c1cn(CC)cn1)C(=O)O. The van der Waals surface area contributed by atoms with Gasteiger partial charge in [0.25, 0.3) is 10.0 Å². The van der Waals surface area contributed by atoms with Gasteiger partial charge in [-0.2, -0.15) is 4.72 Å². The van der Waals surface area contributed by atoms with Crippen molar-refractivity contribution in [1.29, 1.82) is 0 Å². The first-order valence-corrected chi connectivity index (χ1v) is 6.59. The number of aromatic nitrogens is 2. The van der Waals surface area contributed by atoms with Crippen LogP contribution >= 0.6 is 0 Å². The molecule has 18 heavy (non-hydrogen) atoms. The molecule has 0 saturated carbocycles. The number of hydrogen-bond acceptors (Lipinski definition) is 4. The van der Waals surface area contributed by atoms with Crippen molar-refractivity contribution in [3.63, 3.8) is 0 Å². The number of nitrogens with one attached hydrogen (secondary N) is 1. The van der Waals surface area contributed by atoms with Crippen molar-refractivity contribution in [3.05, 3.63) is 12.5 Å². The molecule has 0 aliphatic rings. The van der Waals surface area contributed by atoms with Crippen LogP contribution in [0.2, 0.25) is 0 Å². The second-order valence-corrected chi connectivity index (χ2v) is 5.12. The number of carbonyl (C=O) groups is 1. The van der Waals surface area contributed by atoms with E-state index in [2.05, 4.69) is 10.9 Å². The monoisotopic (exact) mass is 271 g/mol. The van der Waals surface area contributed by atoms with Crippen LogP contribution in [0.3, 0.4) is 0 Å². The lowest BCUT2D eigenvalue weighted by Gasteiger charge is -2.10. The molecule has 0 bridgehead atoms. The standard InChI is InChI=1S/C10H13N3O4S/c1-3-5-8(10(14)15)12-18(16,17)9-6-13(4-2)7-11-9/h1,6-8,12H,4-5H2,2H3,(H,14,15). The fourth-order valence-electron chi connectivity index (χ4n) is 1.20. The van der Waals surface area contributed by atoms with E-state index < -0.39 is 22.0 Å². The van der Waals surface area contributed by atoms with Gasteiger partial charge in [-0.15, -0.1) is 12.3 Å². The number of sulfonamides is 1. The highest BCUT2D eigenvalue weighted by Crippen LogP contribution is 2.07. The van der Waals surface area contributed by atoms with Crippen LogP contribution in [0.25, 0.3) is 0 Å². The van der Waals surface area contributed by atoms with Gasteiger partial charge in [-0.05, 0) is 6.92 Å². The van der Waals surface area contributed by atoms with Crippen LogP contribution in [0.15, 0.2) is 17.6 Å². The van der Waals surface area contributed by atoms with Crippen LogP contribution in [-0.4, -0.2) is 35.1 Å². The molecule has 0 radical (unpaired) electrons. The molecule has 1 rings (SSSR count). The Bertz CT molecular complexity index is 570. The Kier molecular flexibility index (Phi) is 4.47. The fraction of sp³-hybridized carbons (Fsp3) is 0.400. The predicted octanol–water partition coefficient (Wildman–Crippen LogP) is -0.342. The Balaban J connectivity index is 2.93. The summed E-state index contributed by atoms with van der Waals surface area (Å²) in [4.78, 5) is 14.5. The van der Waals surface area contributed by atoms with Gasteiger partial charge < -0.3 is 9.67 Å². The van der Waals surface area contributed by atoms with E-state index in [0.717, 1.165) is 0 Å². The minimum Gasteiger partial charge on any atom is -0.480 e. The minimum absolute atomic E-state index is 0.229. The lowest BCUT2D eigenvalue weighted by atomic mass is 10.2. The van der Waals surface area contributed by atoms with Crippen molar-refractivity contribution in [2.45, 2.75) is 31.0 Å². The molecule has 0 fully saturated rings. The van der Waals surface area contributed by atoms with Crippen LogP contribution in [0.1, 0.15) is 13.3 Å². The molecule has 0 spiro atoms. The number of imidazole rings is 1. The zero-order chi connectivity index (χ0) is 13.8. The molecule has 1 aromatic rings. The first kappa shape index (κ1) is 14.2. The molecule has 1 aromatic heterocycles. The third kappa shape index (κ3) is 3.32. The molecule has 0 aliphatic carbocycles. The Morgan fingerprint density at radius 1 is 1.72 bits per heavy atom. The lowest BCUT2D eigenvalue weighted by molar-refractivity contribution is -0.138. The Labute approximate surface area is 105 Å². The molecule has 7 nitrogen and oxygen atoms in total. The Morgan fingerprint density at radius 2 is 2.39 bits per heavy atom. The quantitative estimate of drug-likeness (QED) is 0.689. The van der Waals surface area contributed by atoms with E-state index in [-0.39, 0.29) is 11.4 Å². The van der Waals surface area contributed by atoms with Gasteiger partial charge in [0.05, 0.1) is 6.33 Å². The summed E-state index contributed by atoms with van der Waals surface area (Å²) >= 11 is 0. The third-order valence-corrected chi connectivity index (χ3v) is 3.52. The summed E-state index contributed by atoms with van der Waals surface area (Å²) in [5, 5.41) is 8.59. The second-order valence-electron chi connectivity index (χ2n) is 3.46. The molecular weight excluding hydrogens is 258 g/mol. The van der Waals surface area contributed by atoms with Gasteiger partial charge in [0.1, 0.15) is 6.04 Å². The highest BCUT2D eigenvalue weighted by molar-refractivity contribution is 7.89. The third-order valence-electron chi connectivity index (χ3n) is 2.17. The molecule has 2 N–H and O–H groups in total. The zero-order valence-corrected chi connectivity index (χ0v) is 10.5. The summed E-state index contributed by atoms with van der Waals surface area (Å²) in [6.45, 7) is 2.39. The van der Waals surface area contributed by atoms with E-state index >= 15 is 0 Å². The van der Waals surface area contributed by atoms with E-state index in [9.17, 15) is 13.2 Å². The molecule has 0 aliphatic heterocycles. The summed E-state index contributed by atoms with van der Waals surface area (Å²) in [7, 11) is -3.97. The van der Waals surface area contributed by atoms with Crippen LogP contribution < -0.4 is 4.72 Å². The highest BCUT2D eigenvalue weighted by atomic mass is 32.2. The van der Waals surface area contributed by atoms with Gasteiger partial charge in [0.2, 0.25) is 0 Å². The van der Waals surface area contributed by atoms with E-state index in [1.54, 1.807) is 4.57 Å². The van der Waals surface area contributed by atoms with E-state index in [4.69, 9.17) is 11.5 Å². The lowest BCUT2D eigenvalue weighted by Crippen LogP contribution is -2.40. The predicted molar refractivity (Wildman–Crippen MR) is 63.1 cm³/mol. The van der Waals surface area contributed by atoms with Crippen molar-refractivity contribution < 1.29 is 18.3 Å². The van der Waals surface area contributed by atoms with Crippen molar-refractivity contribution in [3.8, 4) is 12.3 Å². The average molecular weight is 271 g/mol. The Hall–Kier alpha value is -1.85. The summed E-state index contributed by atoms with van der Waals surface area (Å²) in [5.41, 5.74) is 0.